The SMILES string of the molecule is CC(CC(=O)N(C)CCCC1CC(c2cccc(F)c2)NN1)C1CCNCC1. The van der Waals surface area contributed by atoms with Crippen LogP contribution < -0.4 is 16.2 Å². The number of carbonyl (C=O) groups is 1. The molecule has 5 nitrogen and oxygen atoms in total. The van der Waals surface area contributed by atoms with E-state index >= 15 is 0 Å². The summed E-state index contributed by atoms with van der Waals surface area (Å²) in [5.41, 5.74) is 7.57. The van der Waals surface area contributed by atoms with Gasteiger partial charge in [0.15, 0.2) is 0 Å². The number of carbonyl (C=O) groups excluding carboxylic acids is 1. The van der Waals surface area contributed by atoms with E-state index in [4.69, 9.17) is 0 Å². The average molecular weight is 391 g/mol. The van der Waals surface area contributed by atoms with Gasteiger partial charge in [-0.25, -0.2) is 4.39 Å². The first-order chi connectivity index (χ1) is 13.5. The number of amides is 1. The molecular weight excluding hydrogens is 355 g/mol. The molecule has 156 valence electrons. The molecule has 1 amide bonds. The van der Waals surface area contributed by atoms with E-state index in [0.29, 0.717) is 24.3 Å². The van der Waals surface area contributed by atoms with Gasteiger partial charge in [-0.05, 0) is 74.7 Å². The fourth-order valence-electron chi connectivity index (χ4n) is 4.46. The van der Waals surface area contributed by atoms with Crippen LogP contribution in [0.15, 0.2) is 24.3 Å². The lowest BCUT2D eigenvalue weighted by Gasteiger charge is -2.29. The van der Waals surface area contributed by atoms with E-state index in [1.54, 1.807) is 12.1 Å². The Morgan fingerprint density at radius 2 is 2.07 bits per heavy atom. The molecule has 3 atom stereocenters. The number of nitrogens with one attached hydrogen (secondary N) is 3. The van der Waals surface area contributed by atoms with Crippen LogP contribution in [0.4, 0.5) is 4.39 Å². The van der Waals surface area contributed by atoms with Crippen LogP contribution >= 0.6 is 0 Å². The van der Waals surface area contributed by atoms with Gasteiger partial charge in [-0.3, -0.25) is 15.6 Å². The minimum Gasteiger partial charge on any atom is -0.346 e. The summed E-state index contributed by atoms with van der Waals surface area (Å²) in [6.45, 7) is 5.18. The minimum atomic E-state index is -0.193. The van der Waals surface area contributed by atoms with Crippen LogP contribution in [0, 0.1) is 17.7 Å². The average Bonchev–Trinajstić information content (AvgIpc) is 3.17. The van der Waals surface area contributed by atoms with Crippen molar-refractivity contribution in [1.29, 1.82) is 0 Å². The summed E-state index contributed by atoms with van der Waals surface area (Å²) >= 11 is 0. The molecular formula is C22H35FN4O. The molecule has 0 bridgehead atoms. The Labute approximate surface area is 168 Å². The zero-order valence-corrected chi connectivity index (χ0v) is 17.2. The van der Waals surface area contributed by atoms with Gasteiger partial charge < -0.3 is 10.2 Å². The lowest BCUT2D eigenvalue weighted by molar-refractivity contribution is -0.131. The number of rotatable bonds is 8. The normalized spacial score (nSPS) is 24.2. The highest BCUT2D eigenvalue weighted by Crippen LogP contribution is 2.26. The van der Waals surface area contributed by atoms with Crippen molar-refractivity contribution in [1.82, 2.24) is 21.1 Å². The van der Waals surface area contributed by atoms with Gasteiger partial charge in [0.25, 0.3) is 0 Å². The van der Waals surface area contributed by atoms with Crippen LogP contribution in [0.1, 0.15) is 57.1 Å². The summed E-state index contributed by atoms with van der Waals surface area (Å²) in [4.78, 5) is 14.4. The summed E-state index contributed by atoms with van der Waals surface area (Å²) in [5.74, 6) is 1.21. The second-order valence-electron chi connectivity index (χ2n) is 8.56. The summed E-state index contributed by atoms with van der Waals surface area (Å²) < 4.78 is 13.4. The summed E-state index contributed by atoms with van der Waals surface area (Å²) in [6.07, 6.45) is 5.94. The summed E-state index contributed by atoms with van der Waals surface area (Å²) in [7, 11) is 1.92. The quantitative estimate of drug-likeness (QED) is 0.639. The zero-order chi connectivity index (χ0) is 19.9. The Bertz CT molecular complexity index is 635. The molecule has 2 saturated heterocycles. The second-order valence-corrected chi connectivity index (χ2v) is 8.56. The van der Waals surface area contributed by atoms with E-state index in [2.05, 4.69) is 23.1 Å². The third kappa shape index (κ3) is 6.00. The van der Waals surface area contributed by atoms with Crippen LogP contribution in [0.3, 0.4) is 0 Å². The minimum absolute atomic E-state index is 0.144. The van der Waals surface area contributed by atoms with Crippen molar-refractivity contribution in [2.45, 2.75) is 57.5 Å². The fourth-order valence-corrected chi connectivity index (χ4v) is 4.46. The zero-order valence-electron chi connectivity index (χ0n) is 17.2. The summed E-state index contributed by atoms with van der Waals surface area (Å²) in [5, 5.41) is 3.39. The number of halogens is 1. The monoisotopic (exact) mass is 390 g/mol. The molecule has 3 rings (SSSR count). The predicted molar refractivity (Wildman–Crippen MR) is 110 cm³/mol. The molecule has 2 fully saturated rings. The first kappa shape index (κ1) is 21.2. The van der Waals surface area contributed by atoms with Crippen molar-refractivity contribution in [2.75, 3.05) is 26.7 Å². The Morgan fingerprint density at radius 1 is 1.29 bits per heavy atom. The Balaban J connectivity index is 1.34. The largest absolute Gasteiger partial charge is 0.346 e. The Morgan fingerprint density at radius 3 is 2.82 bits per heavy atom. The number of nitrogens with zero attached hydrogens (tertiary/aromatic N) is 1. The van der Waals surface area contributed by atoms with Crippen molar-refractivity contribution < 1.29 is 9.18 Å². The molecule has 6 heteroatoms. The van der Waals surface area contributed by atoms with Gasteiger partial charge >= 0.3 is 0 Å². The van der Waals surface area contributed by atoms with E-state index in [0.717, 1.165) is 44.5 Å². The molecule has 0 spiro atoms. The van der Waals surface area contributed by atoms with Crippen molar-refractivity contribution in [3.05, 3.63) is 35.6 Å². The number of hydrogen-bond acceptors (Lipinski definition) is 4. The highest BCUT2D eigenvalue weighted by molar-refractivity contribution is 5.76. The van der Waals surface area contributed by atoms with E-state index in [1.165, 1.54) is 18.9 Å². The van der Waals surface area contributed by atoms with Crippen molar-refractivity contribution in [3.8, 4) is 0 Å². The van der Waals surface area contributed by atoms with Gasteiger partial charge in [0.2, 0.25) is 5.91 Å². The van der Waals surface area contributed by atoms with E-state index in [1.807, 2.05) is 18.0 Å². The molecule has 3 N–H and O–H groups in total. The van der Waals surface area contributed by atoms with Crippen molar-refractivity contribution in [2.24, 2.45) is 11.8 Å². The maximum atomic E-state index is 13.4. The Kier molecular flexibility index (Phi) is 7.82. The molecule has 2 aliphatic heterocycles. The molecule has 0 aliphatic carbocycles. The van der Waals surface area contributed by atoms with Crippen LogP contribution in [-0.2, 0) is 4.79 Å². The summed E-state index contributed by atoms with van der Waals surface area (Å²) in [6, 6.07) is 7.28. The van der Waals surface area contributed by atoms with Gasteiger partial charge in [-0.1, -0.05) is 19.1 Å². The maximum absolute atomic E-state index is 13.4. The lowest BCUT2D eigenvalue weighted by atomic mass is 9.84. The number of piperidine rings is 1. The van der Waals surface area contributed by atoms with Crippen molar-refractivity contribution >= 4 is 5.91 Å². The molecule has 0 aromatic heterocycles. The van der Waals surface area contributed by atoms with Crippen LogP contribution in [0.5, 0.6) is 0 Å². The van der Waals surface area contributed by atoms with Crippen molar-refractivity contribution in [3.63, 3.8) is 0 Å². The highest BCUT2D eigenvalue weighted by Gasteiger charge is 2.26. The topological polar surface area (TPSA) is 56.4 Å². The van der Waals surface area contributed by atoms with E-state index in [9.17, 15) is 9.18 Å². The Hall–Kier alpha value is -1.50. The molecule has 0 saturated carbocycles. The lowest BCUT2D eigenvalue weighted by Crippen LogP contribution is -2.35. The van der Waals surface area contributed by atoms with E-state index < -0.39 is 0 Å². The third-order valence-electron chi connectivity index (χ3n) is 6.39. The molecule has 2 aliphatic rings. The van der Waals surface area contributed by atoms with E-state index in [-0.39, 0.29) is 17.8 Å². The van der Waals surface area contributed by atoms with Gasteiger partial charge in [0.1, 0.15) is 5.82 Å². The number of benzene rings is 1. The van der Waals surface area contributed by atoms with Crippen LogP contribution in [0.25, 0.3) is 0 Å². The number of hydrogen-bond donors (Lipinski definition) is 3. The first-order valence-corrected chi connectivity index (χ1v) is 10.7. The van der Waals surface area contributed by atoms with Crippen LogP contribution in [-0.4, -0.2) is 43.5 Å². The molecule has 0 radical (unpaired) electrons. The molecule has 3 unspecified atom stereocenters. The molecule has 2 heterocycles. The highest BCUT2D eigenvalue weighted by atomic mass is 19.1. The van der Waals surface area contributed by atoms with Gasteiger partial charge in [0.05, 0.1) is 0 Å². The smallest absolute Gasteiger partial charge is 0.222 e. The fraction of sp³-hybridized carbons (Fsp3) is 0.682. The predicted octanol–water partition coefficient (Wildman–Crippen LogP) is 3.00. The first-order valence-electron chi connectivity index (χ1n) is 10.7. The van der Waals surface area contributed by atoms with Gasteiger partial charge in [0, 0.05) is 32.1 Å². The maximum Gasteiger partial charge on any atom is 0.222 e. The standard InChI is InChI=1S/C22H35FN4O/c1-16(17-8-10-24-11-9-17)13-22(28)27(2)12-4-7-20-15-21(26-25-20)18-5-3-6-19(23)14-18/h3,5-6,14,16-17,20-21,24-26H,4,7-13,15H2,1-2H3. The van der Waals surface area contributed by atoms with Gasteiger partial charge in [-0.15, -0.1) is 0 Å². The number of hydrazine groups is 1. The molecule has 28 heavy (non-hydrogen) atoms. The third-order valence-corrected chi connectivity index (χ3v) is 6.39. The molecule has 1 aromatic carbocycles. The van der Waals surface area contributed by atoms with Gasteiger partial charge in [-0.2, -0.15) is 0 Å². The second kappa shape index (κ2) is 10.3. The van der Waals surface area contributed by atoms with Crippen LogP contribution in [0.2, 0.25) is 0 Å². The molecule has 1 aromatic rings.